The third-order valence-corrected chi connectivity index (χ3v) is 12.4. The number of fused-ring (bicyclic) bond motifs is 3. The van der Waals surface area contributed by atoms with Crippen molar-refractivity contribution in [3.63, 3.8) is 0 Å². The van der Waals surface area contributed by atoms with E-state index < -0.39 is 105 Å². The number of alkyl carbamates (subject to hydrolysis) is 1. The van der Waals surface area contributed by atoms with Gasteiger partial charge in [0.15, 0.2) is 5.65 Å². The molecule has 306 valence electrons. The molecule has 0 radical (unpaired) electrons. The molecule has 2 aromatic rings. The van der Waals surface area contributed by atoms with E-state index in [1.165, 1.54) is 18.3 Å². The van der Waals surface area contributed by atoms with Crippen LogP contribution in [0.5, 0.6) is 5.88 Å². The van der Waals surface area contributed by atoms with Crippen molar-refractivity contribution >= 4 is 45.0 Å². The topological polar surface area (TPSA) is 199 Å². The number of carbonyl (C=O) groups is 4. The van der Waals surface area contributed by atoms with Gasteiger partial charge in [0.1, 0.15) is 34.8 Å². The molecule has 4 aliphatic rings. The second-order valence-corrected chi connectivity index (χ2v) is 18.2. The molecule has 4 heterocycles. The van der Waals surface area contributed by atoms with Crippen LogP contribution in [0.3, 0.4) is 0 Å². The van der Waals surface area contributed by atoms with Crippen LogP contribution in [0.15, 0.2) is 30.5 Å². The van der Waals surface area contributed by atoms with E-state index in [0.29, 0.717) is 38.5 Å². The summed E-state index contributed by atoms with van der Waals surface area (Å²) in [4.78, 5) is 68.9. The van der Waals surface area contributed by atoms with Crippen LogP contribution in [0, 0.1) is 17.8 Å². The van der Waals surface area contributed by atoms with E-state index in [2.05, 4.69) is 30.3 Å². The summed E-state index contributed by atoms with van der Waals surface area (Å²) >= 11 is 0. The van der Waals surface area contributed by atoms with Crippen LogP contribution in [0.1, 0.15) is 91.7 Å². The lowest BCUT2D eigenvalue weighted by molar-refractivity contribution is -0.143. The van der Waals surface area contributed by atoms with Gasteiger partial charge < -0.3 is 25.0 Å². The Balaban J connectivity index is 1.38. The van der Waals surface area contributed by atoms with Crippen molar-refractivity contribution in [2.75, 3.05) is 6.54 Å². The minimum atomic E-state index is -5.01. The van der Waals surface area contributed by atoms with Crippen LogP contribution in [0.25, 0.3) is 11.2 Å². The average Bonchev–Trinajstić information content (AvgIpc) is 4.03. The Morgan fingerprint density at radius 2 is 1.84 bits per heavy atom. The summed E-state index contributed by atoms with van der Waals surface area (Å²) in [6, 6.07) is 0.230. The lowest BCUT2D eigenvalue weighted by Gasteiger charge is -2.34. The van der Waals surface area contributed by atoms with Crippen LogP contribution in [-0.2, 0) is 35.3 Å². The fraction of sp³-hybridized carbons (Fsp3) is 0.649. The Morgan fingerprint density at radius 3 is 2.50 bits per heavy atom. The summed E-state index contributed by atoms with van der Waals surface area (Å²) in [6.07, 6.45) is 0.537. The third-order valence-electron chi connectivity index (χ3n) is 10.6. The van der Waals surface area contributed by atoms with E-state index in [0.717, 1.165) is 4.90 Å². The number of halogens is 3. The van der Waals surface area contributed by atoms with Crippen molar-refractivity contribution in [3.05, 3.63) is 36.2 Å². The van der Waals surface area contributed by atoms with Crippen molar-refractivity contribution in [2.45, 2.75) is 127 Å². The van der Waals surface area contributed by atoms with Crippen LogP contribution < -0.4 is 20.1 Å². The average molecular weight is 808 g/mol. The number of alkyl halides is 3. The Hall–Kier alpha value is -4.55. The first kappa shape index (κ1) is 41.1. The fourth-order valence-corrected chi connectivity index (χ4v) is 8.82. The molecule has 0 aromatic carbocycles. The number of amides is 4. The number of carbonyl (C=O) groups excluding carboxylic acids is 4. The Bertz CT molecular complexity index is 2000. The zero-order valence-corrected chi connectivity index (χ0v) is 32.7. The molecule has 3 fully saturated rings. The maximum absolute atomic E-state index is 14.8. The van der Waals surface area contributed by atoms with Crippen molar-refractivity contribution in [3.8, 4) is 5.88 Å². The number of aromatic nitrogens is 3. The predicted molar refractivity (Wildman–Crippen MR) is 195 cm³/mol. The van der Waals surface area contributed by atoms with Gasteiger partial charge in [0.2, 0.25) is 33.4 Å². The first-order valence-electron chi connectivity index (χ1n) is 18.9. The van der Waals surface area contributed by atoms with Gasteiger partial charge >= 0.3 is 12.3 Å². The van der Waals surface area contributed by atoms with Crippen molar-refractivity contribution in [1.29, 1.82) is 0 Å². The predicted octanol–water partition coefficient (Wildman–Crippen LogP) is 4.17. The summed E-state index contributed by atoms with van der Waals surface area (Å²) in [6.45, 7) is 8.45. The van der Waals surface area contributed by atoms with Gasteiger partial charge in [0.25, 0.3) is 5.91 Å². The Labute approximate surface area is 323 Å². The van der Waals surface area contributed by atoms with Gasteiger partial charge in [-0.1, -0.05) is 32.4 Å². The zero-order chi connectivity index (χ0) is 40.8. The summed E-state index contributed by atoms with van der Waals surface area (Å²) in [7, 11) is -4.00. The van der Waals surface area contributed by atoms with Gasteiger partial charge in [-0.05, 0) is 83.3 Å². The number of pyridine rings is 1. The lowest BCUT2D eigenvalue weighted by atomic mass is 9.85. The van der Waals surface area contributed by atoms with E-state index in [4.69, 9.17) is 9.47 Å². The lowest BCUT2D eigenvalue weighted by Crippen LogP contribution is -2.59. The van der Waals surface area contributed by atoms with Crippen LogP contribution in [0.4, 0.5) is 18.0 Å². The SMILES string of the molecule is CC[C@@H]1C[C@H](C)CC/C=C\C2C[C@@]2(C(=O)NS(=O)(=O)C2CC2)NC(=O)[C@@H]2C[C@@H](Oc3nc4cccnc4nc3C(F)(F)F)CN2C(=O)[C@H]1NC(=O)OC(C)(C)C. The summed E-state index contributed by atoms with van der Waals surface area (Å²) in [5, 5.41) is 4.73. The van der Waals surface area contributed by atoms with E-state index in [1.807, 2.05) is 19.9 Å². The molecule has 6 rings (SSSR count). The maximum Gasteiger partial charge on any atom is 0.438 e. The number of hydrogen-bond donors (Lipinski definition) is 3. The summed E-state index contributed by atoms with van der Waals surface area (Å²) in [5.41, 5.74) is -4.29. The molecule has 15 nitrogen and oxygen atoms in total. The molecule has 56 heavy (non-hydrogen) atoms. The highest BCUT2D eigenvalue weighted by atomic mass is 32.2. The van der Waals surface area contributed by atoms with E-state index >= 15 is 0 Å². The summed E-state index contributed by atoms with van der Waals surface area (Å²) in [5.74, 6) is -4.32. The standard InChI is InChI=1S/C37H48F3N7O8S/c1-6-21-16-20(2)10-7-8-11-22-18-36(22,33(50)46-56(52,53)24-13-14-24)45-30(48)26-17-23(19-47(26)32(49)27(21)43-34(51)55-35(3,4)5)54-31-28(37(38,39)40)44-29-25(42-31)12-9-15-41-29/h8-9,11-12,15,20-24,26-27H,6-7,10,13-14,16-19H2,1-5H3,(H,43,51)(H,45,48)(H,46,50)/b11-8-/t20-,21-,22?,23-,26+,27+,36-/m1/s1. The van der Waals surface area contributed by atoms with Gasteiger partial charge in [0, 0.05) is 18.5 Å². The number of nitrogens with one attached hydrogen (secondary N) is 3. The first-order valence-corrected chi connectivity index (χ1v) is 20.5. The highest BCUT2D eigenvalue weighted by Crippen LogP contribution is 2.46. The molecular weight excluding hydrogens is 760 g/mol. The molecule has 2 aliphatic heterocycles. The second-order valence-electron chi connectivity index (χ2n) is 16.3. The van der Waals surface area contributed by atoms with Crippen LogP contribution >= 0.6 is 0 Å². The van der Waals surface area contributed by atoms with E-state index in [9.17, 15) is 40.8 Å². The monoisotopic (exact) mass is 807 g/mol. The van der Waals surface area contributed by atoms with Crippen molar-refractivity contribution < 1.29 is 50.2 Å². The van der Waals surface area contributed by atoms with Gasteiger partial charge in [0.05, 0.1) is 11.8 Å². The fourth-order valence-electron chi connectivity index (χ4n) is 7.45. The van der Waals surface area contributed by atoms with Gasteiger partial charge in [-0.15, -0.1) is 0 Å². The highest BCUT2D eigenvalue weighted by molar-refractivity contribution is 7.91. The number of ether oxygens (including phenoxy) is 2. The number of sulfonamides is 1. The second kappa shape index (κ2) is 15.4. The molecule has 2 aliphatic carbocycles. The summed E-state index contributed by atoms with van der Waals surface area (Å²) < 4.78 is 82.1. The molecule has 4 amide bonds. The van der Waals surface area contributed by atoms with Gasteiger partial charge in [-0.2, -0.15) is 13.2 Å². The number of rotatable bonds is 7. The molecule has 1 saturated heterocycles. The Kier molecular flexibility index (Phi) is 11.3. The Morgan fingerprint density at radius 1 is 1.11 bits per heavy atom. The molecule has 0 bridgehead atoms. The minimum absolute atomic E-state index is 0.0145. The minimum Gasteiger partial charge on any atom is -0.471 e. The molecule has 0 spiro atoms. The number of nitrogens with zero attached hydrogens (tertiary/aromatic N) is 4. The normalized spacial score (nSPS) is 29.5. The molecular formula is C37H48F3N7O8S. The zero-order valence-electron chi connectivity index (χ0n) is 31.9. The third kappa shape index (κ3) is 9.18. The quantitative estimate of drug-likeness (QED) is 0.340. The number of hydrogen-bond acceptors (Lipinski definition) is 11. The molecule has 19 heteroatoms. The smallest absolute Gasteiger partial charge is 0.438 e. The largest absolute Gasteiger partial charge is 0.471 e. The molecule has 1 unspecified atom stereocenters. The maximum atomic E-state index is 14.8. The molecule has 3 N–H and O–H groups in total. The molecule has 2 saturated carbocycles. The van der Waals surface area contributed by atoms with Gasteiger partial charge in [-0.3, -0.25) is 19.1 Å². The van der Waals surface area contributed by atoms with Crippen LogP contribution in [-0.4, -0.2) is 93.2 Å². The first-order chi connectivity index (χ1) is 26.2. The van der Waals surface area contributed by atoms with E-state index in [1.54, 1.807) is 26.8 Å². The van der Waals surface area contributed by atoms with Crippen LogP contribution in [0.2, 0.25) is 0 Å². The molecule has 2 aromatic heterocycles. The highest BCUT2D eigenvalue weighted by Gasteiger charge is 2.62. The number of allylic oxidation sites excluding steroid dienone is 1. The van der Waals surface area contributed by atoms with Crippen molar-refractivity contribution in [2.24, 2.45) is 17.8 Å². The van der Waals surface area contributed by atoms with E-state index in [-0.39, 0.29) is 29.9 Å². The molecule has 7 atom stereocenters. The van der Waals surface area contributed by atoms with Gasteiger partial charge in [-0.25, -0.2) is 28.2 Å². The van der Waals surface area contributed by atoms with Crippen molar-refractivity contribution in [1.82, 2.24) is 35.2 Å².